The highest BCUT2D eigenvalue weighted by atomic mass is 16.3. The molecule has 0 unspecified atom stereocenters. The maximum absolute atomic E-state index is 6.27. The van der Waals surface area contributed by atoms with Crippen molar-refractivity contribution in [1.29, 1.82) is 0 Å². The van der Waals surface area contributed by atoms with Crippen LogP contribution in [0.2, 0.25) is 0 Å². The Morgan fingerprint density at radius 2 is 0.863 bits per heavy atom. The summed E-state index contributed by atoms with van der Waals surface area (Å²) in [5, 5.41) is 6.89. The van der Waals surface area contributed by atoms with Gasteiger partial charge >= 0.3 is 0 Å². The molecule has 1 aliphatic rings. The minimum absolute atomic E-state index is 0.638. The van der Waals surface area contributed by atoms with Gasteiger partial charge in [0.15, 0.2) is 17.5 Å². The van der Waals surface area contributed by atoms with Crippen LogP contribution in [-0.4, -0.2) is 15.0 Å². The number of fused-ring (bicyclic) bond motifs is 7. The van der Waals surface area contributed by atoms with Crippen LogP contribution in [0.4, 0.5) is 0 Å². The molecule has 2 aromatic heterocycles. The van der Waals surface area contributed by atoms with Crippen LogP contribution in [0.15, 0.2) is 168 Å². The van der Waals surface area contributed by atoms with Crippen LogP contribution < -0.4 is 0 Å². The highest BCUT2D eigenvalue weighted by Gasteiger charge is 2.23. The first-order valence-corrected chi connectivity index (χ1v) is 17.2. The molecule has 4 nitrogen and oxygen atoms in total. The average Bonchev–Trinajstić information content (AvgIpc) is 3.74. The lowest BCUT2D eigenvalue weighted by atomic mass is 9.93. The van der Waals surface area contributed by atoms with Gasteiger partial charge in [-0.3, -0.25) is 0 Å². The molecule has 0 atom stereocenters. The Kier molecular flexibility index (Phi) is 5.92. The van der Waals surface area contributed by atoms with Crippen LogP contribution in [0.5, 0.6) is 0 Å². The van der Waals surface area contributed by atoms with Gasteiger partial charge in [0, 0.05) is 27.5 Å². The topological polar surface area (TPSA) is 51.8 Å². The van der Waals surface area contributed by atoms with Crippen molar-refractivity contribution in [3.63, 3.8) is 0 Å². The summed E-state index contributed by atoms with van der Waals surface area (Å²) in [5.41, 5.74) is 11.9. The van der Waals surface area contributed by atoms with Gasteiger partial charge in [0.05, 0.1) is 0 Å². The lowest BCUT2D eigenvalue weighted by Crippen LogP contribution is -2.01. The zero-order valence-electron chi connectivity index (χ0n) is 27.3. The molecule has 2 heterocycles. The normalized spacial score (nSPS) is 11.9. The van der Waals surface area contributed by atoms with Crippen molar-refractivity contribution in [1.82, 2.24) is 15.0 Å². The standard InChI is InChI=1S/C47H27N3O/c1-2-12-28(13-3-1)45-48-46(30-26-29-14-8-21-36-32-15-4-5-16-35(32)40(27-30)43(29)36)50-47(49-45)38-23-10-18-31-33(19-9-20-34(31)38)37-22-11-25-42-44(37)39-17-6-7-24-41(39)51-42/h1-27H. The minimum Gasteiger partial charge on any atom is -0.456 e. The summed E-state index contributed by atoms with van der Waals surface area (Å²) in [6.07, 6.45) is 0. The molecule has 0 radical (unpaired) electrons. The summed E-state index contributed by atoms with van der Waals surface area (Å²) in [6, 6.07) is 57.3. The predicted octanol–water partition coefficient (Wildman–Crippen LogP) is 12.4. The van der Waals surface area contributed by atoms with Crippen molar-refractivity contribution >= 4 is 43.5 Å². The molecule has 0 bridgehead atoms. The number of para-hydroxylation sites is 1. The van der Waals surface area contributed by atoms with Crippen LogP contribution in [0.25, 0.3) is 111 Å². The van der Waals surface area contributed by atoms with Crippen molar-refractivity contribution in [2.75, 3.05) is 0 Å². The quantitative estimate of drug-likeness (QED) is 0.190. The fourth-order valence-corrected chi connectivity index (χ4v) is 8.03. The molecule has 0 fully saturated rings. The van der Waals surface area contributed by atoms with E-state index >= 15 is 0 Å². The van der Waals surface area contributed by atoms with Crippen LogP contribution in [0.3, 0.4) is 0 Å². The van der Waals surface area contributed by atoms with Gasteiger partial charge in [0.1, 0.15) is 11.2 Å². The van der Waals surface area contributed by atoms with E-state index in [1.807, 2.05) is 36.4 Å². The van der Waals surface area contributed by atoms with Crippen LogP contribution in [0.1, 0.15) is 0 Å². The highest BCUT2D eigenvalue weighted by Crippen LogP contribution is 2.48. The Hall–Kier alpha value is -6.91. The molecule has 51 heavy (non-hydrogen) atoms. The summed E-state index contributed by atoms with van der Waals surface area (Å²) in [7, 11) is 0. The van der Waals surface area contributed by atoms with Gasteiger partial charge in [0.25, 0.3) is 0 Å². The molecule has 11 rings (SSSR count). The smallest absolute Gasteiger partial charge is 0.164 e. The van der Waals surface area contributed by atoms with Crippen molar-refractivity contribution in [2.24, 2.45) is 0 Å². The van der Waals surface area contributed by atoms with Crippen molar-refractivity contribution < 1.29 is 4.42 Å². The molecule has 1 aliphatic carbocycles. The Bertz CT molecular complexity index is 3030. The summed E-state index contributed by atoms with van der Waals surface area (Å²) >= 11 is 0. The van der Waals surface area contributed by atoms with E-state index in [9.17, 15) is 0 Å². The Labute approximate surface area is 293 Å². The van der Waals surface area contributed by atoms with Crippen LogP contribution in [-0.2, 0) is 0 Å². The summed E-state index contributed by atoms with van der Waals surface area (Å²) < 4.78 is 6.27. The number of rotatable bonds is 4. The van der Waals surface area contributed by atoms with Gasteiger partial charge in [-0.25, -0.2) is 15.0 Å². The van der Waals surface area contributed by atoms with E-state index in [1.54, 1.807) is 0 Å². The van der Waals surface area contributed by atoms with Gasteiger partial charge in [-0.05, 0) is 79.2 Å². The maximum Gasteiger partial charge on any atom is 0.164 e. The van der Waals surface area contributed by atoms with Crippen LogP contribution in [0, 0.1) is 0 Å². The fraction of sp³-hybridized carbons (Fsp3) is 0. The minimum atomic E-state index is 0.638. The molecule has 10 aromatic rings. The predicted molar refractivity (Wildman–Crippen MR) is 208 cm³/mol. The third-order valence-electron chi connectivity index (χ3n) is 10.3. The number of furan rings is 1. The monoisotopic (exact) mass is 649 g/mol. The Morgan fingerprint density at radius 1 is 0.314 bits per heavy atom. The van der Waals surface area contributed by atoms with E-state index in [0.717, 1.165) is 60.5 Å². The number of hydrogen-bond donors (Lipinski definition) is 0. The summed E-state index contributed by atoms with van der Waals surface area (Å²) in [5.74, 6) is 1.93. The molecule has 0 aliphatic heterocycles. The van der Waals surface area contributed by atoms with Crippen molar-refractivity contribution in [2.45, 2.75) is 0 Å². The van der Waals surface area contributed by atoms with Crippen molar-refractivity contribution in [3.8, 4) is 67.5 Å². The molecule has 0 amide bonds. The van der Waals surface area contributed by atoms with E-state index in [4.69, 9.17) is 19.4 Å². The third kappa shape index (κ3) is 4.23. The molecule has 8 aromatic carbocycles. The zero-order valence-corrected chi connectivity index (χ0v) is 27.3. The van der Waals surface area contributed by atoms with Gasteiger partial charge in [-0.15, -0.1) is 0 Å². The molecular weight excluding hydrogens is 623 g/mol. The molecule has 0 saturated heterocycles. The van der Waals surface area contributed by atoms with E-state index in [-0.39, 0.29) is 0 Å². The lowest BCUT2D eigenvalue weighted by molar-refractivity contribution is 0.669. The maximum atomic E-state index is 6.27. The molecule has 0 saturated carbocycles. The number of nitrogens with zero attached hydrogens (tertiary/aromatic N) is 3. The van der Waals surface area contributed by atoms with E-state index < -0.39 is 0 Å². The first-order chi connectivity index (χ1) is 25.3. The van der Waals surface area contributed by atoms with E-state index in [2.05, 4.69) is 127 Å². The second-order valence-corrected chi connectivity index (χ2v) is 13.1. The Morgan fingerprint density at radius 3 is 1.71 bits per heavy atom. The van der Waals surface area contributed by atoms with E-state index in [1.165, 1.54) is 33.0 Å². The van der Waals surface area contributed by atoms with E-state index in [0.29, 0.717) is 17.5 Å². The van der Waals surface area contributed by atoms with Gasteiger partial charge in [-0.2, -0.15) is 0 Å². The van der Waals surface area contributed by atoms with Gasteiger partial charge in [-0.1, -0.05) is 140 Å². The summed E-state index contributed by atoms with van der Waals surface area (Å²) in [4.78, 5) is 15.5. The Balaban J connectivity index is 1.14. The molecule has 0 N–H and O–H groups in total. The zero-order chi connectivity index (χ0) is 33.5. The molecular formula is C47H27N3O. The molecule has 236 valence electrons. The second kappa shape index (κ2) is 10.8. The highest BCUT2D eigenvalue weighted by molar-refractivity contribution is 6.17. The number of hydrogen-bond acceptors (Lipinski definition) is 4. The summed E-state index contributed by atoms with van der Waals surface area (Å²) in [6.45, 7) is 0. The average molecular weight is 650 g/mol. The second-order valence-electron chi connectivity index (χ2n) is 13.1. The van der Waals surface area contributed by atoms with Gasteiger partial charge < -0.3 is 4.42 Å². The SMILES string of the molecule is c1ccc(-c2nc(-c3cc4c5c(cccc5c3)-c3ccccc3-4)nc(-c3cccc4c(-c5cccc6oc7ccccc7c56)cccc34)n2)cc1. The van der Waals surface area contributed by atoms with Crippen LogP contribution >= 0.6 is 0 Å². The molecule has 0 spiro atoms. The first kappa shape index (κ1) is 28.0. The largest absolute Gasteiger partial charge is 0.456 e. The van der Waals surface area contributed by atoms with Crippen molar-refractivity contribution in [3.05, 3.63) is 164 Å². The lowest BCUT2D eigenvalue weighted by Gasteiger charge is -2.13. The fourth-order valence-electron chi connectivity index (χ4n) is 8.03. The number of benzene rings is 8. The first-order valence-electron chi connectivity index (χ1n) is 17.2. The van der Waals surface area contributed by atoms with Gasteiger partial charge in [0.2, 0.25) is 0 Å². The number of aromatic nitrogens is 3. The molecule has 4 heteroatoms. The third-order valence-corrected chi connectivity index (χ3v) is 10.3.